The first-order valence-electron chi connectivity index (χ1n) is 12.1. The first-order valence-corrected chi connectivity index (χ1v) is 12.1. The van der Waals surface area contributed by atoms with Crippen molar-refractivity contribution in [3.63, 3.8) is 0 Å². The molecule has 2 aliphatic heterocycles. The summed E-state index contributed by atoms with van der Waals surface area (Å²) in [6.07, 6.45) is 9.64. The van der Waals surface area contributed by atoms with Crippen LogP contribution in [0.25, 0.3) is 22.2 Å². The topological polar surface area (TPSA) is 115 Å². The van der Waals surface area contributed by atoms with E-state index in [9.17, 15) is 14.7 Å². The Kier molecular flexibility index (Phi) is 5.40. The normalized spacial score (nSPS) is 17.4. The van der Waals surface area contributed by atoms with E-state index >= 15 is 0 Å². The number of aryl methyl sites for hydroxylation is 1. The second-order valence-corrected chi connectivity index (χ2v) is 9.53. The standard InChI is InChI=1S/C27H26N6O3/c1-16-10-30-25-21(16)9-19(13-31-25)18-7-17-4-6-32(26(34)20-11-28-15-29-12-20)14-23(17)22(8-18)24-3-2-5-33(24)27(35)36/h7-13,15,24H,2-6,14H2,1H3,(H,30,31)(H,35,36)/t24-/m0/s1. The van der Waals surface area contributed by atoms with Gasteiger partial charge in [0.15, 0.2) is 0 Å². The van der Waals surface area contributed by atoms with Crippen LogP contribution in [0.2, 0.25) is 0 Å². The number of fused-ring (bicyclic) bond motifs is 2. The van der Waals surface area contributed by atoms with E-state index in [1.54, 1.807) is 4.90 Å². The maximum atomic E-state index is 13.2. The van der Waals surface area contributed by atoms with Crippen LogP contribution in [0.15, 0.2) is 49.3 Å². The van der Waals surface area contributed by atoms with Crippen LogP contribution >= 0.6 is 0 Å². The van der Waals surface area contributed by atoms with Crippen LogP contribution in [0.5, 0.6) is 0 Å². The number of rotatable bonds is 3. The number of aromatic nitrogens is 4. The molecule has 5 heterocycles. The van der Waals surface area contributed by atoms with Crippen LogP contribution in [0.3, 0.4) is 0 Å². The van der Waals surface area contributed by atoms with Gasteiger partial charge in [0.05, 0.1) is 11.6 Å². The highest BCUT2D eigenvalue weighted by atomic mass is 16.4. The SMILES string of the molecule is Cc1c[nH]c2ncc(-c3cc4c(c([C@@H]5CCCN5C(=O)O)c3)CN(C(=O)c3cncnc3)CC4)cc12. The van der Waals surface area contributed by atoms with Crippen molar-refractivity contribution >= 4 is 23.0 Å². The van der Waals surface area contributed by atoms with Gasteiger partial charge < -0.3 is 19.9 Å². The Labute approximate surface area is 207 Å². The number of benzene rings is 1. The Morgan fingerprint density at radius 1 is 1.08 bits per heavy atom. The van der Waals surface area contributed by atoms with Gasteiger partial charge in [-0.3, -0.25) is 4.79 Å². The lowest BCUT2D eigenvalue weighted by Crippen LogP contribution is -2.37. The number of pyridine rings is 1. The van der Waals surface area contributed by atoms with Crippen molar-refractivity contribution in [2.45, 2.75) is 38.8 Å². The van der Waals surface area contributed by atoms with Crippen LogP contribution in [0.1, 0.15) is 51.5 Å². The molecule has 182 valence electrons. The summed E-state index contributed by atoms with van der Waals surface area (Å²) in [7, 11) is 0. The average molecular weight is 483 g/mol. The molecule has 1 fully saturated rings. The Morgan fingerprint density at radius 2 is 1.92 bits per heavy atom. The second kappa shape index (κ2) is 8.75. The van der Waals surface area contributed by atoms with Crippen molar-refractivity contribution in [2.75, 3.05) is 13.1 Å². The highest BCUT2D eigenvalue weighted by Crippen LogP contribution is 2.40. The van der Waals surface area contributed by atoms with Crippen molar-refractivity contribution in [3.8, 4) is 11.1 Å². The van der Waals surface area contributed by atoms with Crippen LogP contribution in [0, 0.1) is 6.92 Å². The van der Waals surface area contributed by atoms with Gasteiger partial charge in [-0.15, -0.1) is 0 Å². The molecule has 1 aromatic carbocycles. The number of amides is 2. The van der Waals surface area contributed by atoms with E-state index in [-0.39, 0.29) is 11.9 Å². The molecular weight excluding hydrogens is 456 g/mol. The number of carboxylic acid groups (broad SMARTS) is 1. The Morgan fingerprint density at radius 3 is 2.72 bits per heavy atom. The molecular formula is C27H26N6O3. The summed E-state index contributed by atoms with van der Waals surface area (Å²) in [5, 5.41) is 11.0. The lowest BCUT2D eigenvalue weighted by Gasteiger charge is -2.33. The Balaban J connectivity index is 1.44. The molecule has 2 N–H and O–H groups in total. The fourth-order valence-corrected chi connectivity index (χ4v) is 5.54. The van der Waals surface area contributed by atoms with Crippen molar-refractivity contribution in [3.05, 3.63) is 77.1 Å². The third-order valence-corrected chi connectivity index (χ3v) is 7.40. The summed E-state index contributed by atoms with van der Waals surface area (Å²) in [5.41, 5.74) is 7.62. The van der Waals surface area contributed by atoms with Crippen LogP contribution in [-0.2, 0) is 13.0 Å². The average Bonchev–Trinajstić information content (AvgIpc) is 3.55. The first-order chi connectivity index (χ1) is 17.5. The van der Waals surface area contributed by atoms with Crippen molar-refractivity contribution in [1.29, 1.82) is 0 Å². The maximum Gasteiger partial charge on any atom is 0.407 e. The Hall–Kier alpha value is -4.27. The predicted molar refractivity (Wildman–Crippen MR) is 133 cm³/mol. The highest BCUT2D eigenvalue weighted by molar-refractivity contribution is 5.94. The predicted octanol–water partition coefficient (Wildman–Crippen LogP) is 4.34. The van der Waals surface area contributed by atoms with E-state index in [0.29, 0.717) is 31.6 Å². The smallest absolute Gasteiger partial charge is 0.407 e. The van der Waals surface area contributed by atoms with Gasteiger partial charge in [-0.25, -0.2) is 19.7 Å². The molecule has 0 saturated carbocycles. The van der Waals surface area contributed by atoms with Gasteiger partial charge in [0.25, 0.3) is 5.91 Å². The summed E-state index contributed by atoms with van der Waals surface area (Å²) in [5.74, 6) is -0.115. The number of carbonyl (C=O) groups is 2. The maximum absolute atomic E-state index is 13.2. The molecule has 9 nitrogen and oxygen atoms in total. The molecule has 36 heavy (non-hydrogen) atoms. The molecule has 2 aliphatic rings. The van der Waals surface area contributed by atoms with Crippen molar-refractivity contribution in [2.24, 2.45) is 0 Å². The van der Waals surface area contributed by atoms with E-state index in [1.807, 2.05) is 12.4 Å². The number of nitrogens with one attached hydrogen (secondary N) is 1. The molecule has 0 aliphatic carbocycles. The van der Waals surface area contributed by atoms with E-state index in [4.69, 9.17) is 0 Å². The number of likely N-dealkylation sites (tertiary alicyclic amines) is 1. The Bertz CT molecular complexity index is 1480. The monoisotopic (exact) mass is 482 g/mol. The largest absolute Gasteiger partial charge is 0.465 e. The zero-order valence-electron chi connectivity index (χ0n) is 19.9. The molecule has 2 amide bonds. The molecule has 0 spiro atoms. The van der Waals surface area contributed by atoms with Gasteiger partial charge in [-0.1, -0.05) is 6.07 Å². The summed E-state index contributed by atoms with van der Waals surface area (Å²) >= 11 is 0. The zero-order valence-corrected chi connectivity index (χ0v) is 19.9. The van der Waals surface area contributed by atoms with E-state index in [1.165, 1.54) is 23.6 Å². The van der Waals surface area contributed by atoms with Crippen molar-refractivity contribution < 1.29 is 14.7 Å². The molecule has 1 saturated heterocycles. The molecule has 0 unspecified atom stereocenters. The van der Waals surface area contributed by atoms with Gasteiger partial charge >= 0.3 is 6.09 Å². The summed E-state index contributed by atoms with van der Waals surface area (Å²) in [6, 6.07) is 6.18. The minimum Gasteiger partial charge on any atom is -0.465 e. The molecule has 0 radical (unpaired) electrons. The first kappa shape index (κ1) is 22.2. The molecule has 6 rings (SSSR count). The van der Waals surface area contributed by atoms with Crippen LogP contribution < -0.4 is 0 Å². The number of carbonyl (C=O) groups excluding carboxylic acids is 1. The highest BCUT2D eigenvalue weighted by Gasteiger charge is 2.34. The third kappa shape index (κ3) is 3.77. The summed E-state index contributed by atoms with van der Waals surface area (Å²) in [6.45, 7) is 3.57. The minimum absolute atomic E-state index is 0.115. The van der Waals surface area contributed by atoms with Gasteiger partial charge in [-0.2, -0.15) is 0 Å². The van der Waals surface area contributed by atoms with E-state index in [0.717, 1.165) is 57.3 Å². The van der Waals surface area contributed by atoms with Crippen molar-refractivity contribution in [1.82, 2.24) is 29.7 Å². The molecule has 9 heteroatoms. The minimum atomic E-state index is -0.909. The van der Waals surface area contributed by atoms with Gasteiger partial charge in [0.2, 0.25) is 0 Å². The summed E-state index contributed by atoms with van der Waals surface area (Å²) in [4.78, 5) is 44.3. The van der Waals surface area contributed by atoms with Gasteiger partial charge in [-0.05, 0) is 66.1 Å². The fraction of sp³-hybridized carbons (Fsp3) is 0.296. The number of nitrogens with zero attached hydrogens (tertiary/aromatic N) is 5. The van der Waals surface area contributed by atoms with Crippen LogP contribution in [-0.4, -0.2) is 59.9 Å². The molecule has 0 bridgehead atoms. The summed E-state index contributed by atoms with van der Waals surface area (Å²) < 4.78 is 0. The quantitative estimate of drug-likeness (QED) is 0.449. The van der Waals surface area contributed by atoms with Gasteiger partial charge in [0.1, 0.15) is 12.0 Å². The van der Waals surface area contributed by atoms with E-state index < -0.39 is 6.09 Å². The lowest BCUT2D eigenvalue weighted by atomic mass is 9.86. The van der Waals surface area contributed by atoms with Crippen LogP contribution in [0.4, 0.5) is 4.79 Å². The third-order valence-electron chi connectivity index (χ3n) is 7.40. The number of aromatic amines is 1. The van der Waals surface area contributed by atoms with Gasteiger partial charge in [0, 0.05) is 55.4 Å². The fourth-order valence-electron chi connectivity index (χ4n) is 5.54. The number of H-pyrrole nitrogens is 1. The molecule has 4 aromatic rings. The molecule has 1 atom stereocenters. The second-order valence-electron chi connectivity index (χ2n) is 9.53. The number of hydrogen-bond acceptors (Lipinski definition) is 5. The number of hydrogen-bond donors (Lipinski definition) is 2. The zero-order chi connectivity index (χ0) is 24.8. The lowest BCUT2D eigenvalue weighted by molar-refractivity contribution is 0.0731. The van der Waals surface area contributed by atoms with E-state index in [2.05, 4.69) is 45.1 Å². The molecule has 3 aromatic heterocycles.